The molecule has 0 amide bonds. The van der Waals surface area contributed by atoms with Gasteiger partial charge in [0.2, 0.25) is 0 Å². The van der Waals surface area contributed by atoms with Crippen LogP contribution in [0.4, 0.5) is 0 Å². The molecule has 0 saturated carbocycles. The molecule has 0 fully saturated rings. The number of para-hydroxylation sites is 2. The van der Waals surface area contributed by atoms with Crippen LogP contribution in [0.3, 0.4) is 0 Å². The van der Waals surface area contributed by atoms with E-state index >= 15 is 0 Å². The Morgan fingerprint density at radius 2 is 2.11 bits per heavy atom. The number of carbonyl (C=O) groups excluding carboxylic acids is 1. The van der Waals surface area contributed by atoms with Crippen LogP contribution in [0, 0.1) is 0 Å². The lowest BCUT2D eigenvalue weighted by atomic mass is 10.1. The van der Waals surface area contributed by atoms with Crippen LogP contribution in [-0.2, 0) is 17.8 Å². The Hall–Kier alpha value is -1.68. The van der Waals surface area contributed by atoms with Crippen molar-refractivity contribution in [3.63, 3.8) is 0 Å². The van der Waals surface area contributed by atoms with E-state index in [4.69, 9.17) is 0 Å². The molecule has 0 saturated heterocycles. The van der Waals surface area contributed by atoms with Gasteiger partial charge in [-0.25, -0.2) is 4.98 Å². The number of fused-ring (bicyclic) bond motifs is 1. The number of hydrogen-bond acceptors (Lipinski definition) is 3. The maximum atomic E-state index is 11.8. The molecule has 2 rings (SSSR count). The molecule has 1 N–H and O–H groups in total. The van der Waals surface area contributed by atoms with Gasteiger partial charge < -0.3 is 9.67 Å². The fraction of sp³-hybridized carbons (Fsp3) is 0.429. The van der Waals surface area contributed by atoms with Crippen LogP contribution >= 0.6 is 0 Å². The third-order valence-corrected chi connectivity index (χ3v) is 3.14. The first kappa shape index (κ1) is 12.8. The van der Waals surface area contributed by atoms with Gasteiger partial charge in [-0.1, -0.05) is 19.1 Å². The Balaban J connectivity index is 2.36. The highest BCUT2D eigenvalue weighted by Gasteiger charge is 2.17. The number of aliphatic hydroxyl groups excluding tert-OH is 1. The molecule has 1 aromatic heterocycles. The first-order chi connectivity index (χ1) is 8.67. The Morgan fingerprint density at radius 3 is 2.78 bits per heavy atom. The van der Waals surface area contributed by atoms with E-state index in [1.165, 1.54) is 0 Å². The number of carbonyl (C=O) groups is 1. The highest BCUT2D eigenvalue weighted by molar-refractivity contribution is 5.85. The van der Waals surface area contributed by atoms with Crippen LogP contribution in [-0.4, -0.2) is 26.5 Å². The number of imidazole rings is 1. The van der Waals surface area contributed by atoms with Crippen molar-refractivity contribution in [2.75, 3.05) is 0 Å². The van der Waals surface area contributed by atoms with Crippen LogP contribution < -0.4 is 0 Å². The molecule has 1 aromatic carbocycles. The summed E-state index contributed by atoms with van der Waals surface area (Å²) in [5, 5.41) is 9.54. The molecule has 0 radical (unpaired) electrons. The number of aryl methyl sites for hydroxylation is 1. The summed E-state index contributed by atoms with van der Waals surface area (Å²) >= 11 is 0. The lowest BCUT2D eigenvalue weighted by Crippen LogP contribution is -2.22. The van der Waals surface area contributed by atoms with E-state index in [2.05, 4.69) is 4.98 Å². The van der Waals surface area contributed by atoms with Gasteiger partial charge in [-0.2, -0.15) is 0 Å². The van der Waals surface area contributed by atoms with Crippen molar-refractivity contribution in [1.82, 2.24) is 9.55 Å². The second-order valence-corrected chi connectivity index (χ2v) is 4.33. The Kier molecular flexibility index (Phi) is 3.77. The van der Waals surface area contributed by atoms with Gasteiger partial charge in [0.1, 0.15) is 11.9 Å². The van der Waals surface area contributed by atoms with Crippen LogP contribution in [0.15, 0.2) is 24.3 Å². The van der Waals surface area contributed by atoms with E-state index in [-0.39, 0.29) is 12.2 Å². The zero-order valence-corrected chi connectivity index (χ0v) is 10.8. The second-order valence-electron chi connectivity index (χ2n) is 4.33. The van der Waals surface area contributed by atoms with Crippen molar-refractivity contribution in [2.45, 2.75) is 39.3 Å². The van der Waals surface area contributed by atoms with Gasteiger partial charge in [-0.15, -0.1) is 0 Å². The minimum atomic E-state index is -0.880. The van der Waals surface area contributed by atoms with E-state index in [0.717, 1.165) is 23.4 Å². The molecule has 0 aliphatic carbocycles. The molecule has 4 nitrogen and oxygen atoms in total. The highest BCUT2D eigenvalue weighted by Crippen LogP contribution is 2.16. The van der Waals surface area contributed by atoms with Crippen LogP contribution in [0.5, 0.6) is 0 Å². The average molecular weight is 246 g/mol. The summed E-state index contributed by atoms with van der Waals surface area (Å²) in [6, 6.07) is 7.83. The highest BCUT2D eigenvalue weighted by atomic mass is 16.3. The second kappa shape index (κ2) is 5.31. The largest absolute Gasteiger partial charge is 0.385 e. The van der Waals surface area contributed by atoms with E-state index < -0.39 is 6.10 Å². The van der Waals surface area contributed by atoms with Crippen LogP contribution in [0.2, 0.25) is 0 Å². The molecule has 0 aliphatic rings. The predicted molar refractivity (Wildman–Crippen MR) is 70.4 cm³/mol. The fourth-order valence-electron chi connectivity index (χ4n) is 2.11. The summed E-state index contributed by atoms with van der Waals surface area (Å²) in [6.07, 6.45) is -0.238. The first-order valence-corrected chi connectivity index (χ1v) is 6.32. The molecule has 2 aromatic rings. The molecule has 4 heteroatoms. The third kappa shape index (κ3) is 2.29. The van der Waals surface area contributed by atoms with Gasteiger partial charge in [-0.05, 0) is 25.5 Å². The number of aromatic nitrogens is 2. The number of ketones is 1. The lowest BCUT2D eigenvalue weighted by Gasteiger charge is -2.08. The van der Waals surface area contributed by atoms with E-state index in [1.807, 2.05) is 35.8 Å². The molecular weight excluding hydrogens is 228 g/mol. The quantitative estimate of drug-likeness (QED) is 0.877. The van der Waals surface area contributed by atoms with E-state index in [0.29, 0.717) is 6.42 Å². The van der Waals surface area contributed by atoms with Gasteiger partial charge in [0, 0.05) is 6.54 Å². The zero-order valence-electron chi connectivity index (χ0n) is 10.8. The Bertz CT molecular complexity index is 560. The van der Waals surface area contributed by atoms with E-state index in [1.54, 1.807) is 6.92 Å². The van der Waals surface area contributed by atoms with Crippen molar-refractivity contribution in [2.24, 2.45) is 0 Å². The van der Waals surface area contributed by atoms with Gasteiger partial charge in [-0.3, -0.25) is 4.79 Å². The maximum absolute atomic E-state index is 11.8. The molecule has 96 valence electrons. The summed E-state index contributed by atoms with van der Waals surface area (Å²) in [5.41, 5.74) is 1.93. The molecule has 1 unspecified atom stereocenters. The zero-order chi connectivity index (χ0) is 13.1. The third-order valence-electron chi connectivity index (χ3n) is 3.14. The molecule has 0 aliphatic heterocycles. The Morgan fingerprint density at radius 1 is 1.39 bits per heavy atom. The summed E-state index contributed by atoms with van der Waals surface area (Å²) in [4.78, 5) is 16.3. The van der Waals surface area contributed by atoms with Crippen molar-refractivity contribution in [3.8, 4) is 0 Å². The number of benzene rings is 1. The lowest BCUT2D eigenvalue weighted by molar-refractivity contribution is -0.126. The SMILES string of the molecule is CCC(O)C(=O)Cc1nc2ccccc2n1CC. The maximum Gasteiger partial charge on any atom is 0.168 e. The Labute approximate surface area is 106 Å². The van der Waals surface area contributed by atoms with Gasteiger partial charge in [0.05, 0.1) is 17.5 Å². The molecular formula is C14H18N2O2. The summed E-state index contributed by atoms with van der Waals surface area (Å²) < 4.78 is 2.02. The van der Waals surface area contributed by atoms with Gasteiger partial charge in [0.15, 0.2) is 5.78 Å². The number of Topliss-reactive ketones (excluding diaryl/α,β-unsaturated/α-hetero) is 1. The minimum Gasteiger partial charge on any atom is -0.385 e. The number of nitrogens with zero attached hydrogens (tertiary/aromatic N) is 2. The monoisotopic (exact) mass is 246 g/mol. The predicted octanol–water partition coefficient (Wildman–Crippen LogP) is 1.94. The summed E-state index contributed by atoms with van der Waals surface area (Å²) in [6.45, 7) is 4.59. The summed E-state index contributed by atoms with van der Waals surface area (Å²) in [7, 11) is 0. The molecule has 0 bridgehead atoms. The number of hydrogen-bond donors (Lipinski definition) is 1. The fourth-order valence-corrected chi connectivity index (χ4v) is 2.11. The number of rotatable bonds is 5. The van der Waals surface area contributed by atoms with Crippen LogP contribution in [0.25, 0.3) is 11.0 Å². The molecule has 18 heavy (non-hydrogen) atoms. The standard InChI is InChI=1S/C14H18N2O2/c1-3-12(17)13(18)9-14-15-10-7-5-6-8-11(10)16(14)4-2/h5-8,12,17H,3-4,9H2,1-2H3. The smallest absolute Gasteiger partial charge is 0.168 e. The average Bonchev–Trinajstić information content (AvgIpc) is 2.74. The normalized spacial score (nSPS) is 12.8. The van der Waals surface area contributed by atoms with Gasteiger partial charge in [0.25, 0.3) is 0 Å². The first-order valence-electron chi connectivity index (χ1n) is 6.32. The molecule has 1 heterocycles. The van der Waals surface area contributed by atoms with Crippen molar-refractivity contribution in [3.05, 3.63) is 30.1 Å². The number of aliphatic hydroxyl groups is 1. The van der Waals surface area contributed by atoms with Crippen LogP contribution in [0.1, 0.15) is 26.1 Å². The van der Waals surface area contributed by atoms with Gasteiger partial charge >= 0.3 is 0 Å². The van der Waals surface area contributed by atoms with Crippen molar-refractivity contribution >= 4 is 16.8 Å². The van der Waals surface area contributed by atoms with Crippen molar-refractivity contribution < 1.29 is 9.90 Å². The molecule has 0 spiro atoms. The molecule has 1 atom stereocenters. The summed E-state index contributed by atoms with van der Waals surface area (Å²) in [5.74, 6) is 0.568. The van der Waals surface area contributed by atoms with Crippen molar-refractivity contribution in [1.29, 1.82) is 0 Å². The van der Waals surface area contributed by atoms with E-state index in [9.17, 15) is 9.90 Å². The minimum absolute atomic E-state index is 0.164. The topological polar surface area (TPSA) is 55.1 Å².